The molecule has 1 aliphatic rings. The Hall–Kier alpha value is -2.30. The van der Waals surface area contributed by atoms with Crippen LogP contribution in [-0.2, 0) is 10.2 Å². The fraction of sp³-hybridized carbons (Fsp3) is 0.444. The predicted octanol–water partition coefficient (Wildman–Crippen LogP) is 3.17. The lowest BCUT2D eigenvalue weighted by Gasteiger charge is -2.24. The maximum Gasteiger partial charge on any atom is 0.420 e. The van der Waals surface area contributed by atoms with Crippen LogP contribution in [0.1, 0.15) is 50.8 Å². The van der Waals surface area contributed by atoms with E-state index in [0.29, 0.717) is 29.6 Å². The molecule has 0 spiro atoms. The third-order valence-corrected chi connectivity index (χ3v) is 4.30. The standard InChI is InChI=1S/C18H22N2O3/c1-10-8-12(18(3,4)5)15-14(9-10)20(17(22)23-15)13-7-6-11(2)19-16(13)21/h8-9,13H,2,6-7H2,1,3-5H3,(H,19,21). The van der Waals surface area contributed by atoms with Crippen molar-refractivity contribution in [1.82, 2.24) is 9.88 Å². The maximum atomic E-state index is 12.4. The molecule has 0 radical (unpaired) electrons. The summed E-state index contributed by atoms with van der Waals surface area (Å²) in [6.45, 7) is 12.0. The van der Waals surface area contributed by atoms with Gasteiger partial charge in [-0.2, -0.15) is 0 Å². The number of carbonyl (C=O) groups is 1. The summed E-state index contributed by atoms with van der Waals surface area (Å²) in [6, 6.07) is 3.40. The molecule has 1 N–H and O–H groups in total. The van der Waals surface area contributed by atoms with Crippen LogP contribution in [0, 0.1) is 6.92 Å². The van der Waals surface area contributed by atoms with Crippen LogP contribution in [0.15, 0.2) is 33.6 Å². The number of hydrogen-bond acceptors (Lipinski definition) is 3. The van der Waals surface area contributed by atoms with Crippen LogP contribution in [0.2, 0.25) is 0 Å². The van der Waals surface area contributed by atoms with Crippen LogP contribution in [-0.4, -0.2) is 10.5 Å². The normalized spacial score (nSPS) is 19.2. The molecule has 5 heteroatoms. The van der Waals surface area contributed by atoms with Gasteiger partial charge in [-0.1, -0.05) is 33.4 Å². The van der Waals surface area contributed by atoms with E-state index in [1.807, 2.05) is 19.1 Å². The lowest BCUT2D eigenvalue weighted by molar-refractivity contribution is -0.124. The summed E-state index contributed by atoms with van der Waals surface area (Å²) in [5.74, 6) is -0.686. The minimum Gasteiger partial charge on any atom is -0.407 e. The summed E-state index contributed by atoms with van der Waals surface area (Å²) in [6.07, 6.45) is 1.21. The number of allylic oxidation sites excluding steroid dienone is 1. The van der Waals surface area contributed by atoms with Gasteiger partial charge >= 0.3 is 5.76 Å². The van der Waals surface area contributed by atoms with Crippen molar-refractivity contribution in [3.8, 4) is 0 Å². The molecule has 1 aliphatic heterocycles. The quantitative estimate of drug-likeness (QED) is 0.879. The topological polar surface area (TPSA) is 64.2 Å². The molecule has 5 nitrogen and oxygen atoms in total. The van der Waals surface area contributed by atoms with Crippen molar-refractivity contribution in [2.24, 2.45) is 0 Å². The minimum atomic E-state index is -0.552. The highest BCUT2D eigenvalue weighted by atomic mass is 16.4. The fourth-order valence-electron chi connectivity index (χ4n) is 3.14. The van der Waals surface area contributed by atoms with E-state index < -0.39 is 11.8 Å². The van der Waals surface area contributed by atoms with Crippen molar-refractivity contribution in [1.29, 1.82) is 0 Å². The van der Waals surface area contributed by atoms with E-state index in [2.05, 4.69) is 32.7 Å². The number of aryl methyl sites for hydroxylation is 1. The molecule has 2 aromatic rings. The first kappa shape index (κ1) is 15.6. The third kappa shape index (κ3) is 2.60. The molecule has 1 unspecified atom stereocenters. The number of amides is 1. The van der Waals surface area contributed by atoms with Crippen LogP contribution in [0.5, 0.6) is 0 Å². The average molecular weight is 314 g/mol. The van der Waals surface area contributed by atoms with Crippen molar-refractivity contribution in [3.63, 3.8) is 0 Å². The first-order chi connectivity index (χ1) is 10.7. The SMILES string of the molecule is C=C1CCC(n2c(=O)oc3c(C(C)(C)C)cc(C)cc32)C(=O)N1. The van der Waals surface area contributed by atoms with Gasteiger partial charge in [-0.05, 0) is 36.8 Å². The number of aromatic nitrogens is 1. The number of hydrogen-bond donors (Lipinski definition) is 1. The molecule has 1 fully saturated rings. The molecule has 0 bridgehead atoms. The summed E-state index contributed by atoms with van der Waals surface area (Å²) in [7, 11) is 0. The van der Waals surface area contributed by atoms with Gasteiger partial charge in [0.1, 0.15) is 6.04 Å². The van der Waals surface area contributed by atoms with Gasteiger partial charge in [-0.25, -0.2) is 4.79 Å². The summed E-state index contributed by atoms with van der Waals surface area (Å²) in [5.41, 5.74) is 3.81. The van der Waals surface area contributed by atoms with Crippen LogP contribution >= 0.6 is 0 Å². The number of benzene rings is 1. The second-order valence-corrected chi connectivity index (χ2v) is 7.30. The van der Waals surface area contributed by atoms with E-state index in [1.165, 1.54) is 4.57 Å². The van der Waals surface area contributed by atoms with Gasteiger partial charge in [-0.15, -0.1) is 0 Å². The fourth-order valence-corrected chi connectivity index (χ4v) is 3.14. The molecular weight excluding hydrogens is 292 g/mol. The molecule has 23 heavy (non-hydrogen) atoms. The van der Waals surface area contributed by atoms with Gasteiger partial charge in [0, 0.05) is 11.3 Å². The Kier molecular flexibility index (Phi) is 3.47. The summed E-state index contributed by atoms with van der Waals surface area (Å²) < 4.78 is 7.03. The molecule has 1 amide bonds. The zero-order chi connectivity index (χ0) is 16.9. The smallest absolute Gasteiger partial charge is 0.407 e. The molecular formula is C18H22N2O3. The highest BCUT2D eigenvalue weighted by Gasteiger charge is 2.31. The van der Waals surface area contributed by atoms with Crippen molar-refractivity contribution in [3.05, 3.63) is 46.1 Å². The zero-order valence-corrected chi connectivity index (χ0v) is 14.0. The van der Waals surface area contributed by atoms with E-state index in [1.54, 1.807) is 0 Å². The van der Waals surface area contributed by atoms with Crippen LogP contribution < -0.4 is 11.1 Å². The van der Waals surface area contributed by atoms with Crippen molar-refractivity contribution in [2.75, 3.05) is 0 Å². The van der Waals surface area contributed by atoms with E-state index in [9.17, 15) is 9.59 Å². The molecule has 2 heterocycles. The van der Waals surface area contributed by atoms with Gasteiger partial charge in [0.2, 0.25) is 5.91 Å². The van der Waals surface area contributed by atoms with Gasteiger partial charge in [-0.3, -0.25) is 9.36 Å². The van der Waals surface area contributed by atoms with Gasteiger partial charge in [0.05, 0.1) is 5.52 Å². The molecule has 3 rings (SSSR count). The number of carbonyl (C=O) groups excluding carboxylic acids is 1. The Balaban J connectivity index is 2.25. The van der Waals surface area contributed by atoms with Crippen LogP contribution in [0.25, 0.3) is 11.1 Å². The summed E-state index contributed by atoms with van der Waals surface area (Å²) in [4.78, 5) is 24.7. The Bertz CT molecular complexity index is 865. The third-order valence-electron chi connectivity index (χ3n) is 4.30. The average Bonchev–Trinajstić information content (AvgIpc) is 2.73. The second-order valence-electron chi connectivity index (χ2n) is 7.30. The molecule has 1 aromatic heterocycles. The van der Waals surface area contributed by atoms with Gasteiger partial charge < -0.3 is 9.73 Å². The number of nitrogens with zero attached hydrogens (tertiary/aromatic N) is 1. The summed E-state index contributed by atoms with van der Waals surface area (Å²) >= 11 is 0. The van der Waals surface area contributed by atoms with E-state index in [0.717, 1.165) is 11.1 Å². The molecule has 0 saturated carbocycles. The Morgan fingerprint density at radius 2 is 2.00 bits per heavy atom. The number of fused-ring (bicyclic) bond motifs is 1. The molecule has 0 aliphatic carbocycles. The molecule has 1 saturated heterocycles. The molecule has 122 valence electrons. The number of oxazole rings is 1. The summed E-state index contributed by atoms with van der Waals surface area (Å²) in [5, 5.41) is 2.73. The monoisotopic (exact) mass is 314 g/mol. The number of nitrogens with one attached hydrogen (secondary N) is 1. The Labute approximate surface area is 135 Å². The van der Waals surface area contributed by atoms with E-state index in [4.69, 9.17) is 4.42 Å². The first-order valence-corrected chi connectivity index (χ1v) is 7.83. The Morgan fingerprint density at radius 1 is 1.30 bits per heavy atom. The van der Waals surface area contributed by atoms with Gasteiger partial charge in [0.15, 0.2) is 5.58 Å². The van der Waals surface area contributed by atoms with Crippen molar-refractivity contribution in [2.45, 2.75) is 52.0 Å². The lowest BCUT2D eigenvalue weighted by atomic mass is 9.85. The molecule has 1 aromatic carbocycles. The van der Waals surface area contributed by atoms with Crippen molar-refractivity contribution >= 4 is 17.0 Å². The Morgan fingerprint density at radius 3 is 2.61 bits per heavy atom. The van der Waals surface area contributed by atoms with Gasteiger partial charge in [0.25, 0.3) is 0 Å². The van der Waals surface area contributed by atoms with Crippen LogP contribution in [0.4, 0.5) is 0 Å². The second kappa shape index (κ2) is 5.11. The number of rotatable bonds is 1. The van der Waals surface area contributed by atoms with Crippen LogP contribution in [0.3, 0.4) is 0 Å². The minimum absolute atomic E-state index is 0.157. The van der Waals surface area contributed by atoms with E-state index in [-0.39, 0.29) is 11.3 Å². The predicted molar refractivity (Wildman–Crippen MR) is 89.5 cm³/mol. The highest BCUT2D eigenvalue weighted by Crippen LogP contribution is 2.33. The highest BCUT2D eigenvalue weighted by molar-refractivity contribution is 5.86. The van der Waals surface area contributed by atoms with E-state index >= 15 is 0 Å². The molecule has 1 atom stereocenters. The number of piperidine rings is 1. The zero-order valence-electron chi connectivity index (χ0n) is 14.0. The maximum absolute atomic E-state index is 12.4. The first-order valence-electron chi connectivity index (χ1n) is 7.83. The largest absolute Gasteiger partial charge is 0.420 e. The lowest BCUT2D eigenvalue weighted by Crippen LogP contribution is -2.39. The van der Waals surface area contributed by atoms with Crippen molar-refractivity contribution < 1.29 is 9.21 Å².